The van der Waals surface area contributed by atoms with E-state index in [0.29, 0.717) is 0 Å². The number of rotatable bonds is 6. The largest absolute Gasteiger partial charge is 0.388 e. The van der Waals surface area contributed by atoms with Crippen molar-refractivity contribution in [3.8, 4) is 0 Å². The Morgan fingerprint density at radius 3 is 2.68 bits per heavy atom. The SMILES string of the molecule is CNc1cccc(CNCC(C)(C)c2ccc[nH]2)c1. The Labute approximate surface area is 115 Å². The van der Waals surface area contributed by atoms with Crippen molar-refractivity contribution in [1.29, 1.82) is 0 Å². The Balaban J connectivity index is 1.89. The van der Waals surface area contributed by atoms with Crippen molar-refractivity contribution in [1.82, 2.24) is 10.3 Å². The van der Waals surface area contributed by atoms with E-state index in [1.807, 2.05) is 19.3 Å². The summed E-state index contributed by atoms with van der Waals surface area (Å²) in [5.74, 6) is 0. The Bertz CT molecular complexity index is 500. The summed E-state index contributed by atoms with van der Waals surface area (Å²) < 4.78 is 0. The highest BCUT2D eigenvalue weighted by Crippen LogP contribution is 2.20. The molecule has 0 aliphatic carbocycles. The van der Waals surface area contributed by atoms with Gasteiger partial charge in [0.05, 0.1) is 0 Å². The van der Waals surface area contributed by atoms with Crippen molar-refractivity contribution in [3.63, 3.8) is 0 Å². The van der Waals surface area contributed by atoms with Gasteiger partial charge in [-0.25, -0.2) is 0 Å². The third-order valence-corrected chi connectivity index (χ3v) is 3.44. The molecule has 0 amide bonds. The molecule has 0 unspecified atom stereocenters. The molecule has 1 aromatic heterocycles. The Hall–Kier alpha value is -1.74. The van der Waals surface area contributed by atoms with Crippen LogP contribution in [-0.4, -0.2) is 18.6 Å². The minimum Gasteiger partial charge on any atom is -0.388 e. The fraction of sp³-hybridized carbons (Fsp3) is 0.375. The van der Waals surface area contributed by atoms with Crippen LogP contribution < -0.4 is 10.6 Å². The first-order valence-electron chi connectivity index (χ1n) is 6.73. The van der Waals surface area contributed by atoms with Gasteiger partial charge in [-0.05, 0) is 29.8 Å². The monoisotopic (exact) mass is 257 g/mol. The quantitative estimate of drug-likeness (QED) is 0.744. The van der Waals surface area contributed by atoms with E-state index >= 15 is 0 Å². The number of anilines is 1. The highest BCUT2D eigenvalue weighted by molar-refractivity contribution is 5.44. The molecular formula is C16H23N3. The van der Waals surface area contributed by atoms with Gasteiger partial charge in [0.15, 0.2) is 0 Å². The maximum Gasteiger partial charge on any atom is 0.0340 e. The summed E-state index contributed by atoms with van der Waals surface area (Å²) in [6, 6.07) is 12.7. The van der Waals surface area contributed by atoms with Gasteiger partial charge in [-0.2, -0.15) is 0 Å². The van der Waals surface area contributed by atoms with Gasteiger partial charge in [0.1, 0.15) is 0 Å². The standard InChI is InChI=1S/C16H23N3/c1-16(2,15-8-5-9-19-15)12-18-11-13-6-4-7-14(10-13)17-3/h4-10,17-19H,11-12H2,1-3H3. The van der Waals surface area contributed by atoms with Crippen LogP contribution in [0.15, 0.2) is 42.6 Å². The van der Waals surface area contributed by atoms with Gasteiger partial charge in [-0.3, -0.25) is 0 Å². The lowest BCUT2D eigenvalue weighted by Gasteiger charge is -2.24. The van der Waals surface area contributed by atoms with Crippen LogP contribution in [0.25, 0.3) is 0 Å². The lowest BCUT2D eigenvalue weighted by Crippen LogP contribution is -2.32. The smallest absolute Gasteiger partial charge is 0.0340 e. The molecule has 102 valence electrons. The van der Waals surface area contributed by atoms with E-state index in [2.05, 4.69) is 59.8 Å². The molecule has 0 radical (unpaired) electrons. The van der Waals surface area contributed by atoms with Crippen molar-refractivity contribution in [2.45, 2.75) is 25.8 Å². The number of H-pyrrole nitrogens is 1. The third kappa shape index (κ3) is 3.61. The number of hydrogen-bond acceptors (Lipinski definition) is 2. The summed E-state index contributed by atoms with van der Waals surface area (Å²) in [6.45, 7) is 6.32. The average Bonchev–Trinajstić information content (AvgIpc) is 2.93. The molecule has 0 spiro atoms. The lowest BCUT2D eigenvalue weighted by atomic mass is 9.89. The molecule has 2 aromatic rings. The van der Waals surface area contributed by atoms with Crippen LogP contribution in [0.3, 0.4) is 0 Å². The Morgan fingerprint density at radius 1 is 1.16 bits per heavy atom. The summed E-state index contributed by atoms with van der Waals surface area (Å²) in [6.07, 6.45) is 1.98. The Morgan fingerprint density at radius 2 is 2.00 bits per heavy atom. The second kappa shape index (κ2) is 5.93. The lowest BCUT2D eigenvalue weighted by molar-refractivity contribution is 0.459. The van der Waals surface area contributed by atoms with Crippen LogP contribution in [-0.2, 0) is 12.0 Å². The van der Waals surface area contributed by atoms with E-state index in [4.69, 9.17) is 0 Å². The number of benzene rings is 1. The van der Waals surface area contributed by atoms with E-state index in [1.165, 1.54) is 11.3 Å². The summed E-state index contributed by atoms with van der Waals surface area (Å²) in [4.78, 5) is 3.29. The van der Waals surface area contributed by atoms with Gasteiger partial charge in [-0.1, -0.05) is 26.0 Å². The van der Waals surface area contributed by atoms with E-state index in [-0.39, 0.29) is 5.41 Å². The molecule has 19 heavy (non-hydrogen) atoms. The van der Waals surface area contributed by atoms with E-state index < -0.39 is 0 Å². The molecule has 0 saturated carbocycles. The molecule has 1 heterocycles. The van der Waals surface area contributed by atoms with Gasteiger partial charge in [0.25, 0.3) is 0 Å². The maximum atomic E-state index is 3.53. The van der Waals surface area contributed by atoms with E-state index in [9.17, 15) is 0 Å². The van der Waals surface area contributed by atoms with E-state index in [0.717, 1.165) is 18.8 Å². The van der Waals surface area contributed by atoms with Crippen molar-refractivity contribution in [2.75, 3.05) is 18.9 Å². The molecular weight excluding hydrogens is 234 g/mol. The summed E-state index contributed by atoms with van der Waals surface area (Å²) in [7, 11) is 1.95. The van der Waals surface area contributed by atoms with Crippen LogP contribution in [0, 0.1) is 0 Å². The van der Waals surface area contributed by atoms with Crippen molar-refractivity contribution < 1.29 is 0 Å². The van der Waals surface area contributed by atoms with Gasteiger partial charge in [0, 0.05) is 43.1 Å². The topological polar surface area (TPSA) is 39.8 Å². The van der Waals surface area contributed by atoms with Crippen LogP contribution >= 0.6 is 0 Å². The zero-order valence-electron chi connectivity index (χ0n) is 12.0. The third-order valence-electron chi connectivity index (χ3n) is 3.44. The van der Waals surface area contributed by atoms with Gasteiger partial charge in [-0.15, -0.1) is 0 Å². The van der Waals surface area contributed by atoms with Crippen LogP contribution in [0.5, 0.6) is 0 Å². The summed E-state index contributed by atoms with van der Waals surface area (Å²) >= 11 is 0. The molecule has 3 nitrogen and oxygen atoms in total. The summed E-state index contributed by atoms with van der Waals surface area (Å²) in [5.41, 5.74) is 3.84. The van der Waals surface area contributed by atoms with Gasteiger partial charge >= 0.3 is 0 Å². The molecule has 0 fully saturated rings. The van der Waals surface area contributed by atoms with Crippen LogP contribution in [0.1, 0.15) is 25.1 Å². The average molecular weight is 257 g/mol. The van der Waals surface area contributed by atoms with Gasteiger partial charge in [0.2, 0.25) is 0 Å². The summed E-state index contributed by atoms with van der Waals surface area (Å²) in [5, 5.41) is 6.70. The molecule has 0 aliphatic heterocycles. The number of aromatic amines is 1. The second-order valence-electron chi connectivity index (χ2n) is 5.52. The fourth-order valence-electron chi connectivity index (χ4n) is 2.20. The fourth-order valence-corrected chi connectivity index (χ4v) is 2.20. The van der Waals surface area contributed by atoms with E-state index in [1.54, 1.807) is 0 Å². The molecule has 1 aromatic carbocycles. The van der Waals surface area contributed by atoms with Crippen molar-refractivity contribution in [2.24, 2.45) is 0 Å². The molecule has 0 atom stereocenters. The molecule has 0 saturated heterocycles. The first-order valence-corrected chi connectivity index (χ1v) is 6.73. The minimum absolute atomic E-state index is 0.115. The van der Waals surface area contributed by atoms with Crippen molar-refractivity contribution in [3.05, 3.63) is 53.9 Å². The van der Waals surface area contributed by atoms with Crippen molar-refractivity contribution >= 4 is 5.69 Å². The zero-order valence-corrected chi connectivity index (χ0v) is 12.0. The first-order chi connectivity index (χ1) is 9.12. The number of aromatic nitrogens is 1. The van der Waals surface area contributed by atoms with Gasteiger partial charge < -0.3 is 15.6 Å². The molecule has 3 heteroatoms. The van der Waals surface area contributed by atoms with Crippen LogP contribution in [0.2, 0.25) is 0 Å². The number of hydrogen-bond donors (Lipinski definition) is 3. The second-order valence-corrected chi connectivity index (χ2v) is 5.52. The molecule has 0 aliphatic rings. The predicted octanol–water partition coefficient (Wildman–Crippen LogP) is 3.12. The minimum atomic E-state index is 0.115. The highest BCUT2D eigenvalue weighted by atomic mass is 14.9. The number of nitrogens with one attached hydrogen (secondary N) is 3. The molecule has 3 N–H and O–H groups in total. The molecule has 2 rings (SSSR count). The zero-order chi connectivity index (χ0) is 13.7. The maximum absolute atomic E-state index is 3.53. The Kier molecular flexibility index (Phi) is 4.27. The van der Waals surface area contributed by atoms with Crippen LogP contribution in [0.4, 0.5) is 5.69 Å². The highest BCUT2D eigenvalue weighted by Gasteiger charge is 2.20. The normalized spacial score (nSPS) is 11.5. The predicted molar refractivity (Wildman–Crippen MR) is 81.5 cm³/mol. The molecule has 0 bridgehead atoms. The first kappa shape index (κ1) is 13.7.